The van der Waals surface area contributed by atoms with Gasteiger partial charge in [0.2, 0.25) is 0 Å². The van der Waals surface area contributed by atoms with Crippen LogP contribution in [0.2, 0.25) is 0 Å². The van der Waals surface area contributed by atoms with Crippen molar-refractivity contribution in [3.63, 3.8) is 0 Å². The van der Waals surface area contributed by atoms with Crippen LogP contribution in [0.1, 0.15) is 58.4 Å². The summed E-state index contributed by atoms with van der Waals surface area (Å²) in [6.45, 7) is 9.82. The molecule has 0 aliphatic rings. The Balaban J connectivity index is 3.00. The molecule has 2 heteroatoms. The Hall–Kier alpha value is -1.44. The average Bonchev–Trinajstić information content (AvgIpc) is 2.46. The molecule has 0 radical (unpaired) electrons. The van der Waals surface area contributed by atoms with Gasteiger partial charge in [-0.2, -0.15) is 0 Å². The van der Waals surface area contributed by atoms with Crippen molar-refractivity contribution in [2.45, 2.75) is 52.9 Å². The van der Waals surface area contributed by atoms with Crippen molar-refractivity contribution in [3.8, 4) is 11.5 Å². The summed E-state index contributed by atoms with van der Waals surface area (Å²) in [5, 5.41) is 0. The van der Waals surface area contributed by atoms with E-state index in [9.17, 15) is 0 Å². The van der Waals surface area contributed by atoms with Crippen LogP contribution in [-0.2, 0) is 0 Å². The molecule has 0 spiro atoms. The van der Waals surface area contributed by atoms with E-state index in [4.69, 9.17) is 9.47 Å². The van der Waals surface area contributed by atoms with Crippen LogP contribution in [0.4, 0.5) is 0 Å². The quantitative estimate of drug-likeness (QED) is 0.567. The summed E-state index contributed by atoms with van der Waals surface area (Å²) in [5.41, 5.74) is 1.26. The molecule has 0 heterocycles. The van der Waals surface area contributed by atoms with Gasteiger partial charge in [0, 0.05) is 5.56 Å². The Labute approximate surface area is 123 Å². The molecule has 20 heavy (non-hydrogen) atoms. The molecule has 1 aromatic carbocycles. The summed E-state index contributed by atoms with van der Waals surface area (Å²) in [4.78, 5) is 0. The van der Waals surface area contributed by atoms with Crippen LogP contribution < -0.4 is 9.47 Å². The summed E-state index contributed by atoms with van der Waals surface area (Å²) in [7, 11) is 0. The molecule has 1 aromatic rings. The van der Waals surface area contributed by atoms with Gasteiger partial charge in [0.25, 0.3) is 0 Å². The van der Waals surface area contributed by atoms with E-state index in [0.29, 0.717) is 19.1 Å². The number of allylic oxidation sites excluding steroid dienone is 2. The van der Waals surface area contributed by atoms with Crippen LogP contribution >= 0.6 is 0 Å². The molecule has 0 bridgehead atoms. The summed E-state index contributed by atoms with van der Waals surface area (Å²) in [6.07, 6.45) is 7.75. The zero-order chi connectivity index (χ0) is 14.8. The molecule has 0 saturated carbocycles. The van der Waals surface area contributed by atoms with Gasteiger partial charge >= 0.3 is 0 Å². The molecule has 2 nitrogen and oxygen atoms in total. The summed E-state index contributed by atoms with van der Waals surface area (Å²) in [6, 6.07) is 6.17. The molecule has 0 aromatic heterocycles. The third-order valence-corrected chi connectivity index (χ3v) is 3.35. The molecule has 1 atom stereocenters. The molecule has 0 saturated heterocycles. The van der Waals surface area contributed by atoms with Gasteiger partial charge in [-0.25, -0.2) is 0 Å². The first-order chi connectivity index (χ1) is 9.76. The maximum atomic E-state index is 5.78. The topological polar surface area (TPSA) is 18.5 Å². The molecular weight excluding hydrogens is 248 g/mol. The van der Waals surface area contributed by atoms with Crippen LogP contribution in [0.25, 0.3) is 0 Å². The van der Waals surface area contributed by atoms with Crippen molar-refractivity contribution in [1.29, 1.82) is 0 Å². The SMILES string of the molecule is CC/C=C\CC(CC)c1cc(OCC)ccc1OCC. The molecule has 112 valence electrons. The minimum atomic E-state index is 0.486. The van der Waals surface area contributed by atoms with E-state index in [1.807, 2.05) is 26.0 Å². The fourth-order valence-corrected chi connectivity index (χ4v) is 2.33. The molecule has 0 fully saturated rings. The second-order valence-corrected chi connectivity index (χ2v) is 4.79. The molecule has 1 unspecified atom stereocenters. The monoisotopic (exact) mass is 276 g/mol. The van der Waals surface area contributed by atoms with Gasteiger partial charge in [-0.1, -0.05) is 26.0 Å². The smallest absolute Gasteiger partial charge is 0.123 e. The molecule has 0 N–H and O–H groups in total. The van der Waals surface area contributed by atoms with Crippen LogP contribution in [0.5, 0.6) is 11.5 Å². The van der Waals surface area contributed by atoms with Gasteiger partial charge < -0.3 is 9.47 Å². The first-order valence-corrected chi connectivity index (χ1v) is 7.81. The molecular formula is C18H28O2. The lowest BCUT2D eigenvalue weighted by Crippen LogP contribution is -2.03. The van der Waals surface area contributed by atoms with Crippen LogP contribution in [-0.4, -0.2) is 13.2 Å². The lowest BCUT2D eigenvalue weighted by molar-refractivity contribution is 0.325. The standard InChI is InChI=1S/C18H28O2/c1-5-9-10-11-15(6-2)17-14-16(19-7-3)12-13-18(17)20-8-4/h9-10,12-15H,5-8,11H2,1-4H3/b10-9-. The maximum absolute atomic E-state index is 5.78. The summed E-state index contributed by atoms with van der Waals surface area (Å²) < 4.78 is 11.4. The molecule has 1 rings (SSSR count). The zero-order valence-electron chi connectivity index (χ0n) is 13.3. The van der Waals surface area contributed by atoms with E-state index in [1.165, 1.54) is 5.56 Å². The van der Waals surface area contributed by atoms with Crippen molar-refractivity contribution in [1.82, 2.24) is 0 Å². The fourth-order valence-electron chi connectivity index (χ4n) is 2.33. The maximum Gasteiger partial charge on any atom is 0.123 e. The summed E-state index contributed by atoms with van der Waals surface area (Å²) in [5.74, 6) is 2.41. The number of ether oxygens (including phenoxy) is 2. The third-order valence-electron chi connectivity index (χ3n) is 3.35. The van der Waals surface area contributed by atoms with E-state index in [1.54, 1.807) is 0 Å². The minimum absolute atomic E-state index is 0.486. The van der Waals surface area contributed by atoms with Crippen LogP contribution in [0.15, 0.2) is 30.4 Å². The van der Waals surface area contributed by atoms with E-state index in [2.05, 4.69) is 32.1 Å². The van der Waals surface area contributed by atoms with Gasteiger partial charge in [-0.15, -0.1) is 0 Å². The minimum Gasteiger partial charge on any atom is -0.494 e. The normalized spacial score (nSPS) is 12.6. The van der Waals surface area contributed by atoms with Crippen molar-refractivity contribution in [2.24, 2.45) is 0 Å². The lowest BCUT2D eigenvalue weighted by atomic mass is 9.92. The largest absolute Gasteiger partial charge is 0.494 e. The predicted molar refractivity (Wildman–Crippen MR) is 85.9 cm³/mol. The number of rotatable bonds is 9. The van der Waals surface area contributed by atoms with Crippen LogP contribution in [0, 0.1) is 0 Å². The Morgan fingerprint density at radius 2 is 1.75 bits per heavy atom. The Bertz CT molecular complexity index is 410. The second kappa shape index (κ2) is 9.46. The van der Waals surface area contributed by atoms with Crippen molar-refractivity contribution < 1.29 is 9.47 Å². The molecule has 0 aliphatic carbocycles. The van der Waals surface area contributed by atoms with E-state index in [-0.39, 0.29) is 0 Å². The highest BCUT2D eigenvalue weighted by Crippen LogP contribution is 2.34. The molecule has 0 amide bonds. The number of benzene rings is 1. The first-order valence-electron chi connectivity index (χ1n) is 7.81. The zero-order valence-corrected chi connectivity index (χ0v) is 13.3. The number of hydrogen-bond donors (Lipinski definition) is 0. The third kappa shape index (κ3) is 4.92. The lowest BCUT2D eigenvalue weighted by Gasteiger charge is -2.19. The van der Waals surface area contributed by atoms with Crippen molar-refractivity contribution in [2.75, 3.05) is 13.2 Å². The average molecular weight is 276 g/mol. The highest BCUT2D eigenvalue weighted by Gasteiger charge is 2.15. The Kier molecular flexibility index (Phi) is 7.86. The highest BCUT2D eigenvalue weighted by atomic mass is 16.5. The van der Waals surface area contributed by atoms with E-state index < -0.39 is 0 Å². The van der Waals surface area contributed by atoms with E-state index in [0.717, 1.165) is 30.8 Å². The van der Waals surface area contributed by atoms with Crippen LogP contribution in [0.3, 0.4) is 0 Å². The first kappa shape index (κ1) is 16.6. The molecule has 0 aliphatic heterocycles. The Morgan fingerprint density at radius 1 is 1.00 bits per heavy atom. The van der Waals surface area contributed by atoms with Gasteiger partial charge in [-0.3, -0.25) is 0 Å². The van der Waals surface area contributed by atoms with E-state index >= 15 is 0 Å². The van der Waals surface area contributed by atoms with Gasteiger partial charge in [0.1, 0.15) is 11.5 Å². The van der Waals surface area contributed by atoms with Gasteiger partial charge in [-0.05, 0) is 57.2 Å². The Morgan fingerprint density at radius 3 is 2.35 bits per heavy atom. The number of hydrogen-bond acceptors (Lipinski definition) is 2. The fraction of sp³-hybridized carbons (Fsp3) is 0.556. The van der Waals surface area contributed by atoms with Crippen molar-refractivity contribution >= 4 is 0 Å². The highest BCUT2D eigenvalue weighted by molar-refractivity contribution is 5.42. The van der Waals surface area contributed by atoms with Gasteiger partial charge in [0.15, 0.2) is 0 Å². The second-order valence-electron chi connectivity index (χ2n) is 4.79. The van der Waals surface area contributed by atoms with Gasteiger partial charge in [0.05, 0.1) is 13.2 Å². The predicted octanol–water partition coefficient (Wildman–Crippen LogP) is 5.33. The van der Waals surface area contributed by atoms with Crippen molar-refractivity contribution in [3.05, 3.63) is 35.9 Å². The summed E-state index contributed by atoms with van der Waals surface area (Å²) >= 11 is 0.